The third kappa shape index (κ3) is 12.0. The van der Waals surface area contributed by atoms with Crippen LogP contribution in [0.2, 0.25) is 0 Å². The lowest BCUT2D eigenvalue weighted by atomic mass is 9.99. The molecule has 0 bridgehead atoms. The summed E-state index contributed by atoms with van der Waals surface area (Å²) < 4.78 is 21.7. The van der Waals surface area contributed by atoms with Gasteiger partial charge in [0.2, 0.25) is 5.91 Å². The molecule has 4 aromatic carbocycles. The Morgan fingerprint density at radius 3 is 1.89 bits per heavy atom. The number of hydrogen-bond donors (Lipinski definition) is 1. The van der Waals surface area contributed by atoms with Crippen LogP contribution in [0.3, 0.4) is 0 Å². The van der Waals surface area contributed by atoms with Gasteiger partial charge in [0.1, 0.15) is 23.0 Å². The maximum absolute atomic E-state index is 12.6. The number of hydrogen-bond acceptors (Lipinski definition) is 7. The van der Waals surface area contributed by atoms with E-state index < -0.39 is 0 Å². The second-order valence-corrected chi connectivity index (χ2v) is 11.2. The second-order valence-electron chi connectivity index (χ2n) is 11.2. The van der Waals surface area contributed by atoms with Crippen molar-refractivity contribution in [2.75, 3.05) is 20.8 Å². The molecule has 0 aliphatic heterocycles. The van der Waals surface area contributed by atoms with Gasteiger partial charge in [-0.1, -0.05) is 67.4 Å². The Kier molecular flexibility index (Phi) is 13.9. The van der Waals surface area contributed by atoms with Gasteiger partial charge >= 0.3 is 11.9 Å². The van der Waals surface area contributed by atoms with E-state index in [0.29, 0.717) is 61.6 Å². The molecule has 0 heterocycles. The first-order valence-electron chi connectivity index (χ1n) is 16.1. The van der Waals surface area contributed by atoms with E-state index in [1.165, 1.54) is 5.56 Å². The van der Waals surface area contributed by atoms with Gasteiger partial charge < -0.3 is 24.3 Å². The number of unbranched alkanes of at least 4 members (excludes halogenated alkanes) is 3. The molecule has 0 saturated heterocycles. The zero-order valence-electron chi connectivity index (χ0n) is 27.2. The molecule has 0 radical (unpaired) electrons. The number of benzene rings is 4. The molecule has 8 heteroatoms. The molecule has 0 spiro atoms. The summed E-state index contributed by atoms with van der Waals surface area (Å²) in [5.41, 5.74) is 3.93. The zero-order valence-corrected chi connectivity index (χ0v) is 27.2. The zero-order chi connectivity index (χ0) is 33.3. The van der Waals surface area contributed by atoms with Crippen molar-refractivity contribution in [2.45, 2.75) is 57.8 Å². The molecule has 0 aliphatic carbocycles. The molecule has 0 atom stereocenters. The van der Waals surface area contributed by atoms with Gasteiger partial charge in [0.05, 0.1) is 14.2 Å². The molecule has 0 aliphatic rings. The van der Waals surface area contributed by atoms with E-state index in [9.17, 15) is 14.4 Å². The van der Waals surface area contributed by atoms with Crippen LogP contribution in [0.1, 0.15) is 56.1 Å². The fourth-order valence-corrected chi connectivity index (χ4v) is 5.11. The van der Waals surface area contributed by atoms with Crippen LogP contribution in [0.25, 0.3) is 11.1 Å². The van der Waals surface area contributed by atoms with E-state index in [2.05, 4.69) is 17.4 Å². The number of rotatable bonds is 18. The lowest BCUT2D eigenvalue weighted by Gasteiger charge is -2.13. The number of methoxy groups -OCH3 is 2. The smallest absolute Gasteiger partial charge is 0.311 e. The Bertz CT molecular complexity index is 1580. The summed E-state index contributed by atoms with van der Waals surface area (Å²) in [5.74, 6) is 1.71. The van der Waals surface area contributed by atoms with Gasteiger partial charge in [0.25, 0.3) is 0 Å². The van der Waals surface area contributed by atoms with Crippen molar-refractivity contribution >= 4 is 17.8 Å². The van der Waals surface area contributed by atoms with E-state index >= 15 is 0 Å². The highest BCUT2D eigenvalue weighted by atomic mass is 16.5. The van der Waals surface area contributed by atoms with Crippen molar-refractivity contribution in [1.82, 2.24) is 5.32 Å². The Morgan fingerprint density at radius 1 is 0.574 bits per heavy atom. The molecule has 0 fully saturated rings. The molecule has 1 amide bonds. The van der Waals surface area contributed by atoms with E-state index in [-0.39, 0.29) is 24.3 Å². The number of amides is 1. The first-order chi connectivity index (χ1) is 22.9. The van der Waals surface area contributed by atoms with Crippen molar-refractivity contribution < 1.29 is 33.3 Å². The van der Waals surface area contributed by atoms with Gasteiger partial charge in [0.15, 0.2) is 0 Å². The third-order valence-corrected chi connectivity index (χ3v) is 7.66. The van der Waals surface area contributed by atoms with Crippen LogP contribution in [-0.4, -0.2) is 38.6 Å². The first kappa shape index (κ1) is 34.8. The highest BCUT2D eigenvalue weighted by Gasteiger charge is 2.12. The molecule has 0 aromatic heterocycles. The van der Waals surface area contributed by atoms with Gasteiger partial charge in [0, 0.05) is 31.4 Å². The van der Waals surface area contributed by atoms with E-state index in [4.69, 9.17) is 18.9 Å². The minimum absolute atomic E-state index is 0.0186. The van der Waals surface area contributed by atoms with Crippen LogP contribution in [0, 0.1) is 0 Å². The topological polar surface area (TPSA) is 100 Å². The maximum Gasteiger partial charge on any atom is 0.311 e. The largest absolute Gasteiger partial charge is 0.497 e. The number of aryl methyl sites for hydroxylation is 1. The first-order valence-corrected chi connectivity index (χ1v) is 16.1. The fraction of sp³-hybridized carbons (Fsp3) is 0.308. The number of carbonyl (C=O) groups excluding carboxylic acids is 3. The molecule has 47 heavy (non-hydrogen) atoms. The summed E-state index contributed by atoms with van der Waals surface area (Å²) in [7, 11) is 3.19. The lowest BCUT2D eigenvalue weighted by molar-refractivity contribution is -0.135. The Labute approximate surface area is 277 Å². The summed E-state index contributed by atoms with van der Waals surface area (Å²) in [6, 6.07) is 30.2. The SMILES string of the molecule is COc1ccc(OC(=O)CCCCCCC(=O)Oc2ccc(OC)c(-c3cccc(CCC(=O)NCCc4ccccc4)c3)c2)cc1. The van der Waals surface area contributed by atoms with Gasteiger partial charge in [-0.3, -0.25) is 14.4 Å². The number of nitrogens with one attached hydrogen (secondary N) is 1. The molecule has 246 valence electrons. The maximum atomic E-state index is 12.6. The molecule has 1 N–H and O–H groups in total. The molecule has 0 unspecified atom stereocenters. The van der Waals surface area contributed by atoms with Crippen molar-refractivity contribution in [2.24, 2.45) is 0 Å². The number of ether oxygens (including phenoxy) is 4. The number of esters is 2. The minimum Gasteiger partial charge on any atom is -0.497 e. The molecule has 4 aromatic rings. The molecular formula is C39H43NO7. The Morgan fingerprint density at radius 2 is 1.21 bits per heavy atom. The molecule has 8 nitrogen and oxygen atoms in total. The predicted octanol–water partition coefficient (Wildman–Crippen LogP) is 7.51. The van der Waals surface area contributed by atoms with Crippen LogP contribution in [0.4, 0.5) is 0 Å². The molecular weight excluding hydrogens is 594 g/mol. The minimum atomic E-state index is -0.313. The fourth-order valence-electron chi connectivity index (χ4n) is 5.11. The van der Waals surface area contributed by atoms with Crippen molar-refractivity contribution in [3.63, 3.8) is 0 Å². The summed E-state index contributed by atoms with van der Waals surface area (Å²) in [4.78, 5) is 37.1. The van der Waals surface area contributed by atoms with E-state index in [1.54, 1.807) is 56.7 Å². The Balaban J connectivity index is 1.19. The van der Waals surface area contributed by atoms with Crippen LogP contribution in [0.15, 0.2) is 97.1 Å². The van der Waals surface area contributed by atoms with E-state index in [1.807, 2.05) is 42.5 Å². The van der Waals surface area contributed by atoms with Gasteiger partial charge in [-0.05, 0) is 84.8 Å². The third-order valence-electron chi connectivity index (χ3n) is 7.66. The second kappa shape index (κ2) is 18.8. The lowest BCUT2D eigenvalue weighted by Crippen LogP contribution is -2.25. The van der Waals surface area contributed by atoms with Crippen LogP contribution in [0.5, 0.6) is 23.0 Å². The summed E-state index contributed by atoms with van der Waals surface area (Å²) in [6.07, 6.45) is 5.34. The quantitative estimate of drug-likeness (QED) is 0.0685. The predicted molar refractivity (Wildman–Crippen MR) is 182 cm³/mol. The molecule has 0 saturated carbocycles. The van der Waals surface area contributed by atoms with Gasteiger partial charge in [-0.2, -0.15) is 0 Å². The van der Waals surface area contributed by atoms with E-state index in [0.717, 1.165) is 36.0 Å². The van der Waals surface area contributed by atoms with Crippen LogP contribution < -0.4 is 24.3 Å². The highest BCUT2D eigenvalue weighted by molar-refractivity contribution is 5.77. The standard InChI is InChI=1S/C39H43NO7/c1-44-32-18-20-33(21-19-32)46-38(42)15-8-3-4-9-16-39(43)47-34-22-23-36(45-2)35(28-34)31-14-10-13-30(27-31)17-24-37(41)40-26-25-29-11-6-5-7-12-29/h5-7,10-14,18-23,27-28H,3-4,8-9,15-17,24-26H2,1-2H3,(H,40,41). The van der Waals surface area contributed by atoms with Crippen LogP contribution in [-0.2, 0) is 27.2 Å². The Hall–Kier alpha value is -5.11. The summed E-state index contributed by atoms with van der Waals surface area (Å²) in [5, 5.41) is 3.00. The van der Waals surface area contributed by atoms with Crippen molar-refractivity contribution in [1.29, 1.82) is 0 Å². The monoisotopic (exact) mass is 637 g/mol. The average molecular weight is 638 g/mol. The highest BCUT2D eigenvalue weighted by Crippen LogP contribution is 2.34. The van der Waals surface area contributed by atoms with Crippen LogP contribution >= 0.6 is 0 Å². The normalized spacial score (nSPS) is 10.6. The number of carbonyl (C=O) groups is 3. The molecule has 4 rings (SSSR count). The van der Waals surface area contributed by atoms with Gasteiger partial charge in [-0.15, -0.1) is 0 Å². The van der Waals surface area contributed by atoms with Gasteiger partial charge in [-0.25, -0.2) is 0 Å². The average Bonchev–Trinajstić information content (AvgIpc) is 3.09. The summed E-state index contributed by atoms with van der Waals surface area (Å²) >= 11 is 0. The van der Waals surface area contributed by atoms with Crippen molar-refractivity contribution in [3.8, 4) is 34.1 Å². The summed E-state index contributed by atoms with van der Waals surface area (Å²) in [6.45, 7) is 0.605. The van der Waals surface area contributed by atoms with Crippen molar-refractivity contribution in [3.05, 3.63) is 108 Å².